The summed E-state index contributed by atoms with van der Waals surface area (Å²) >= 11 is 6.16. The molecule has 0 aliphatic carbocycles. The van der Waals surface area contributed by atoms with Gasteiger partial charge in [-0.25, -0.2) is 0 Å². The topological polar surface area (TPSA) is 49.4 Å². The first kappa shape index (κ1) is 17.5. The number of anilines is 2. The van der Waals surface area contributed by atoms with E-state index in [1.807, 2.05) is 51.1 Å². The Kier molecular flexibility index (Phi) is 4.82. The minimum Gasteiger partial charge on any atom is -0.326 e. The van der Waals surface area contributed by atoms with Crippen molar-refractivity contribution in [2.24, 2.45) is 5.92 Å². The normalized spacial score (nSPS) is 17.0. The maximum absolute atomic E-state index is 12.6. The molecule has 5 heteroatoms. The van der Waals surface area contributed by atoms with Gasteiger partial charge in [-0.3, -0.25) is 9.59 Å². The zero-order chi connectivity index (χ0) is 18.1. The molecule has 0 saturated carbocycles. The predicted octanol–water partition coefficient (Wildman–Crippen LogP) is 4.26. The van der Waals surface area contributed by atoms with E-state index in [0.29, 0.717) is 11.6 Å². The fourth-order valence-electron chi connectivity index (χ4n) is 3.07. The molecule has 0 aromatic heterocycles. The molecule has 2 aromatic rings. The molecular formula is C20H21ClN2O2. The lowest BCUT2D eigenvalue weighted by Crippen LogP contribution is -2.28. The van der Waals surface area contributed by atoms with Crippen molar-refractivity contribution in [2.75, 3.05) is 16.8 Å². The van der Waals surface area contributed by atoms with Crippen molar-refractivity contribution in [1.82, 2.24) is 0 Å². The zero-order valence-electron chi connectivity index (χ0n) is 14.6. The molecular weight excluding hydrogens is 336 g/mol. The maximum Gasteiger partial charge on any atom is 0.229 e. The van der Waals surface area contributed by atoms with Crippen molar-refractivity contribution in [3.8, 4) is 0 Å². The van der Waals surface area contributed by atoms with Crippen molar-refractivity contribution in [3.63, 3.8) is 0 Å². The summed E-state index contributed by atoms with van der Waals surface area (Å²) in [5.41, 5.74) is 4.69. The minimum absolute atomic E-state index is 0.0504. The van der Waals surface area contributed by atoms with Crippen LogP contribution in [0.15, 0.2) is 36.4 Å². The molecule has 4 nitrogen and oxygen atoms in total. The fraction of sp³-hybridized carbons (Fsp3) is 0.300. The van der Waals surface area contributed by atoms with E-state index >= 15 is 0 Å². The zero-order valence-corrected chi connectivity index (χ0v) is 15.4. The van der Waals surface area contributed by atoms with Crippen LogP contribution in [0.5, 0.6) is 0 Å². The highest BCUT2D eigenvalue weighted by atomic mass is 35.5. The molecule has 1 fully saturated rings. The van der Waals surface area contributed by atoms with Gasteiger partial charge in [-0.05, 0) is 61.7 Å². The third-order valence-electron chi connectivity index (χ3n) is 4.80. The third-order valence-corrected chi connectivity index (χ3v) is 5.21. The molecule has 1 aliphatic rings. The molecule has 2 amide bonds. The smallest absolute Gasteiger partial charge is 0.229 e. The summed E-state index contributed by atoms with van der Waals surface area (Å²) in [5.74, 6) is -0.545. The Balaban J connectivity index is 1.74. The predicted molar refractivity (Wildman–Crippen MR) is 101 cm³/mol. The molecule has 25 heavy (non-hydrogen) atoms. The Morgan fingerprint density at radius 1 is 1.16 bits per heavy atom. The number of halogens is 1. The van der Waals surface area contributed by atoms with Gasteiger partial charge in [0.25, 0.3) is 0 Å². The lowest BCUT2D eigenvalue weighted by molar-refractivity contribution is -0.122. The number of rotatable bonds is 3. The SMILES string of the molecule is Cc1ccc(NC(=O)[C@H]2CC(=O)N(c3cccc(Cl)c3C)C2)cc1C. The van der Waals surface area contributed by atoms with Gasteiger partial charge in [-0.1, -0.05) is 23.7 Å². The summed E-state index contributed by atoms with van der Waals surface area (Å²) < 4.78 is 0. The molecule has 0 radical (unpaired) electrons. The van der Waals surface area contributed by atoms with Crippen LogP contribution in [0, 0.1) is 26.7 Å². The van der Waals surface area contributed by atoms with Gasteiger partial charge in [0.15, 0.2) is 0 Å². The average Bonchev–Trinajstić information content (AvgIpc) is 2.95. The quantitative estimate of drug-likeness (QED) is 0.893. The van der Waals surface area contributed by atoms with Gasteiger partial charge in [-0.15, -0.1) is 0 Å². The fourth-order valence-corrected chi connectivity index (χ4v) is 3.24. The number of carbonyl (C=O) groups is 2. The average molecular weight is 357 g/mol. The first-order valence-corrected chi connectivity index (χ1v) is 8.68. The monoisotopic (exact) mass is 356 g/mol. The summed E-state index contributed by atoms with van der Waals surface area (Å²) in [6.45, 7) is 6.29. The molecule has 0 bridgehead atoms. The van der Waals surface area contributed by atoms with E-state index in [0.717, 1.165) is 22.5 Å². The number of nitrogens with zero attached hydrogens (tertiary/aromatic N) is 1. The molecule has 130 valence electrons. The van der Waals surface area contributed by atoms with Crippen molar-refractivity contribution in [2.45, 2.75) is 27.2 Å². The van der Waals surface area contributed by atoms with Crippen molar-refractivity contribution < 1.29 is 9.59 Å². The Hall–Kier alpha value is -2.33. The second-order valence-electron chi connectivity index (χ2n) is 6.58. The van der Waals surface area contributed by atoms with Crippen LogP contribution in [-0.2, 0) is 9.59 Å². The van der Waals surface area contributed by atoms with Crippen LogP contribution < -0.4 is 10.2 Å². The van der Waals surface area contributed by atoms with Gasteiger partial charge < -0.3 is 10.2 Å². The molecule has 2 aromatic carbocycles. The molecule has 1 heterocycles. The first-order chi connectivity index (χ1) is 11.9. The summed E-state index contributed by atoms with van der Waals surface area (Å²) in [6.07, 6.45) is 0.211. The van der Waals surface area contributed by atoms with Crippen LogP contribution in [-0.4, -0.2) is 18.4 Å². The van der Waals surface area contributed by atoms with Crippen LogP contribution >= 0.6 is 11.6 Å². The number of aryl methyl sites for hydroxylation is 2. The van der Waals surface area contributed by atoms with Gasteiger partial charge in [0.1, 0.15) is 0 Å². The highest BCUT2D eigenvalue weighted by molar-refractivity contribution is 6.31. The standard InChI is InChI=1S/C20H21ClN2O2/c1-12-7-8-16(9-13(12)2)22-20(25)15-10-19(24)23(11-15)18-6-4-5-17(21)14(18)3/h4-9,15H,10-11H2,1-3H3,(H,22,25)/t15-/m0/s1. The maximum atomic E-state index is 12.6. The van der Waals surface area contributed by atoms with E-state index in [1.54, 1.807) is 11.0 Å². The molecule has 3 rings (SSSR count). The number of carbonyl (C=O) groups excluding carboxylic acids is 2. The summed E-state index contributed by atoms with van der Waals surface area (Å²) in [5, 5.41) is 3.55. The van der Waals surface area contributed by atoms with Crippen LogP contribution in [0.25, 0.3) is 0 Å². The van der Waals surface area contributed by atoms with E-state index < -0.39 is 0 Å². The highest BCUT2D eigenvalue weighted by Crippen LogP contribution is 2.31. The van der Waals surface area contributed by atoms with Gasteiger partial charge >= 0.3 is 0 Å². The lowest BCUT2D eigenvalue weighted by Gasteiger charge is -2.19. The van der Waals surface area contributed by atoms with E-state index in [4.69, 9.17) is 11.6 Å². The molecule has 0 spiro atoms. The summed E-state index contributed by atoms with van der Waals surface area (Å²) in [7, 11) is 0. The van der Waals surface area contributed by atoms with Crippen LogP contribution in [0.2, 0.25) is 5.02 Å². The van der Waals surface area contributed by atoms with E-state index in [1.165, 1.54) is 5.56 Å². The number of hydrogen-bond donors (Lipinski definition) is 1. The van der Waals surface area contributed by atoms with E-state index in [2.05, 4.69) is 5.32 Å². The second kappa shape index (κ2) is 6.89. The molecule has 1 saturated heterocycles. The van der Waals surface area contributed by atoms with Crippen molar-refractivity contribution in [3.05, 3.63) is 58.1 Å². The third kappa shape index (κ3) is 3.54. The number of benzene rings is 2. The lowest BCUT2D eigenvalue weighted by atomic mass is 10.1. The molecule has 0 unspecified atom stereocenters. The van der Waals surface area contributed by atoms with Crippen LogP contribution in [0.3, 0.4) is 0 Å². The number of hydrogen-bond acceptors (Lipinski definition) is 2. The number of nitrogens with one attached hydrogen (secondary N) is 1. The largest absolute Gasteiger partial charge is 0.326 e. The van der Waals surface area contributed by atoms with Crippen LogP contribution in [0.1, 0.15) is 23.1 Å². The van der Waals surface area contributed by atoms with E-state index in [-0.39, 0.29) is 24.2 Å². The van der Waals surface area contributed by atoms with Crippen molar-refractivity contribution in [1.29, 1.82) is 0 Å². The van der Waals surface area contributed by atoms with E-state index in [9.17, 15) is 9.59 Å². The van der Waals surface area contributed by atoms with Gasteiger partial charge in [0.05, 0.1) is 5.92 Å². The first-order valence-electron chi connectivity index (χ1n) is 8.30. The van der Waals surface area contributed by atoms with Gasteiger partial charge in [0.2, 0.25) is 11.8 Å². The number of amides is 2. The summed E-state index contributed by atoms with van der Waals surface area (Å²) in [6, 6.07) is 11.3. The minimum atomic E-state index is -0.368. The Morgan fingerprint density at radius 2 is 1.92 bits per heavy atom. The summed E-state index contributed by atoms with van der Waals surface area (Å²) in [4.78, 5) is 26.6. The van der Waals surface area contributed by atoms with Gasteiger partial charge in [-0.2, -0.15) is 0 Å². The Bertz CT molecular complexity index is 848. The highest BCUT2D eigenvalue weighted by Gasteiger charge is 2.35. The Morgan fingerprint density at radius 3 is 2.64 bits per heavy atom. The molecule has 1 N–H and O–H groups in total. The molecule has 1 aliphatic heterocycles. The van der Waals surface area contributed by atoms with Gasteiger partial charge in [0, 0.05) is 29.4 Å². The van der Waals surface area contributed by atoms with Crippen molar-refractivity contribution >= 4 is 34.8 Å². The molecule has 1 atom stereocenters. The Labute approximate surface area is 152 Å². The van der Waals surface area contributed by atoms with Crippen LogP contribution in [0.4, 0.5) is 11.4 Å². The second-order valence-corrected chi connectivity index (χ2v) is 6.98.